The number of rotatable bonds is 2. The maximum atomic E-state index is 13.4. The molecule has 0 amide bonds. The number of nitrogens with one attached hydrogen (secondary N) is 2. The Balaban J connectivity index is 1.70. The van der Waals surface area contributed by atoms with E-state index in [1.165, 1.54) is 12.1 Å². The van der Waals surface area contributed by atoms with Crippen LogP contribution in [0.2, 0.25) is 0 Å². The summed E-state index contributed by atoms with van der Waals surface area (Å²) in [5.41, 5.74) is 4.52. The Bertz CT molecular complexity index is 1210. The third-order valence-corrected chi connectivity index (χ3v) is 4.08. The average molecular weight is 330 g/mol. The van der Waals surface area contributed by atoms with Gasteiger partial charge in [0.05, 0.1) is 16.4 Å². The molecule has 1 aromatic carbocycles. The Morgan fingerprint density at radius 2 is 1.96 bits per heavy atom. The van der Waals surface area contributed by atoms with Gasteiger partial charge in [-0.1, -0.05) is 6.07 Å². The highest BCUT2D eigenvalue weighted by atomic mass is 19.1. The predicted octanol–water partition coefficient (Wildman–Crippen LogP) is 3.70. The van der Waals surface area contributed by atoms with E-state index < -0.39 is 0 Å². The number of halogens is 1. The molecule has 0 spiro atoms. The van der Waals surface area contributed by atoms with Gasteiger partial charge >= 0.3 is 0 Å². The lowest BCUT2D eigenvalue weighted by molar-refractivity contribution is 0.629. The van der Waals surface area contributed by atoms with Gasteiger partial charge in [0.2, 0.25) is 0 Å². The van der Waals surface area contributed by atoms with E-state index in [-0.39, 0.29) is 5.82 Å². The summed E-state index contributed by atoms with van der Waals surface area (Å²) in [4.78, 5) is 16.2. The SMILES string of the molecule is Fc1ccc2nc(-c3n[nH]c4ncc(-c5cccnc5)cc34)[nH]c2c1. The lowest BCUT2D eigenvalue weighted by atomic mass is 10.1. The summed E-state index contributed by atoms with van der Waals surface area (Å²) >= 11 is 0. The molecule has 4 heterocycles. The molecular formula is C18H11FN6. The van der Waals surface area contributed by atoms with Gasteiger partial charge in [0.25, 0.3) is 0 Å². The van der Waals surface area contributed by atoms with Crippen LogP contribution in [0, 0.1) is 5.82 Å². The molecule has 0 unspecified atom stereocenters. The summed E-state index contributed by atoms with van der Waals surface area (Å²) in [5, 5.41) is 8.07. The average Bonchev–Trinajstić information content (AvgIpc) is 3.24. The van der Waals surface area contributed by atoms with Gasteiger partial charge in [0, 0.05) is 29.7 Å². The maximum absolute atomic E-state index is 13.4. The van der Waals surface area contributed by atoms with E-state index in [1.54, 1.807) is 24.7 Å². The number of imidazole rings is 1. The quantitative estimate of drug-likeness (QED) is 0.517. The zero-order valence-corrected chi connectivity index (χ0v) is 12.9. The van der Waals surface area contributed by atoms with Gasteiger partial charge in [-0.25, -0.2) is 14.4 Å². The van der Waals surface area contributed by atoms with Crippen molar-refractivity contribution in [1.29, 1.82) is 0 Å². The zero-order valence-electron chi connectivity index (χ0n) is 12.9. The van der Waals surface area contributed by atoms with Crippen LogP contribution < -0.4 is 0 Å². The summed E-state index contributed by atoms with van der Waals surface area (Å²) in [5.74, 6) is 0.257. The molecule has 5 rings (SSSR count). The molecular weight excluding hydrogens is 319 g/mol. The largest absolute Gasteiger partial charge is 0.336 e. The van der Waals surface area contributed by atoms with Gasteiger partial charge < -0.3 is 4.98 Å². The molecule has 120 valence electrons. The standard InChI is InChI=1S/C18H11FN6/c19-12-3-4-14-15(7-12)23-18(22-14)16-13-6-11(9-21-17(13)25-24-16)10-2-1-5-20-8-10/h1-9H,(H,22,23)(H,21,24,25). The molecule has 5 aromatic rings. The Morgan fingerprint density at radius 3 is 2.84 bits per heavy atom. The van der Waals surface area contributed by atoms with Crippen LogP contribution in [-0.4, -0.2) is 30.1 Å². The Labute approximate surface area is 140 Å². The van der Waals surface area contributed by atoms with Crippen LogP contribution in [0.1, 0.15) is 0 Å². The van der Waals surface area contributed by atoms with Gasteiger partial charge in [-0.2, -0.15) is 5.10 Å². The lowest BCUT2D eigenvalue weighted by Gasteiger charge is -2.00. The predicted molar refractivity (Wildman–Crippen MR) is 92.2 cm³/mol. The molecule has 6 nitrogen and oxygen atoms in total. The van der Waals surface area contributed by atoms with Crippen molar-refractivity contribution in [2.75, 3.05) is 0 Å². The lowest BCUT2D eigenvalue weighted by Crippen LogP contribution is -1.84. The number of hydrogen-bond acceptors (Lipinski definition) is 4. The Hall–Kier alpha value is -3.61. The zero-order chi connectivity index (χ0) is 16.8. The summed E-state index contributed by atoms with van der Waals surface area (Å²) in [6.07, 6.45) is 5.29. The third-order valence-electron chi connectivity index (χ3n) is 4.08. The summed E-state index contributed by atoms with van der Waals surface area (Å²) in [6.45, 7) is 0. The Kier molecular flexibility index (Phi) is 2.87. The number of pyridine rings is 2. The van der Waals surface area contributed by atoms with E-state index in [1.807, 2.05) is 18.2 Å². The van der Waals surface area contributed by atoms with Crippen LogP contribution in [0.4, 0.5) is 4.39 Å². The van der Waals surface area contributed by atoms with Crippen molar-refractivity contribution in [1.82, 2.24) is 30.1 Å². The van der Waals surface area contributed by atoms with Crippen molar-refractivity contribution in [3.63, 3.8) is 0 Å². The van der Waals surface area contributed by atoms with E-state index in [2.05, 4.69) is 30.1 Å². The van der Waals surface area contributed by atoms with Crippen LogP contribution in [0.5, 0.6) is 0 Å². The minimum absolute atomic E-state index is 0.310. The summed E-state index contributed by atoms with van der Waals surface area (Å²) < 4.78 is 13.4. The van der Waals surface area contributed by atoms with Crippen LogP contribution in [-0.2, 0) is 0 Å². The first-order valence-corrected chi connectivity index (χ1v) is 7.68. The fourth-order valence-corrected chi connectivity index (χ4v) is 2.87. The van der Waals surface area contributed by atoms with Crippen molar-refractivity contribution < 1.29 is 4.39 Å². The molecule has 2 N–H and O–H groups in total. The number of fused-ring (bicyclic) bond motifs is 2. The van der Waals surface area contributed by atoms with Gasteiger partial charge in [-0.3, -0.25) is 10.1 Å². The van der Waals surface area contributed by atoms with Crippen LogP contribution in [0.15, 0.2) is 55.0 Å². The summed E-state index contributed by atoms with van der Waals surface area (Å²) in [6, 6.07) is 10.3. The minimum atomic E-state index is -0.310. The molecule has 7 heteroatoms. The normalized spacial score (nSPS) is 11.4. The molecule has 0 radical (unpaired) electrons. The smallest absolute Gasteiger partial charge is 0.159 e. The number of aromatic amines is 2. The first kappa shape index (κ1) is 13.8. The first-order valence-electron chi connectivity index (χ1n) is 7.68. The van der Waals surface area contributed by atoms with E-state index >= 15 is 0 Å². The second kappa shape index (κ2) is 5.20. The maximum Gasteiger partial charge on any atom is 0.159 e. The molecule has 0 saturated heterocycles. The highest BCUT2D eigenvalue weighted by molar-refractivity contribution is 5.93. The van der Waals surface area contributed by atoms with Crippen molar-refractivity contribution in [2.24, 2.45) is 0 Å². The van der Waals surface area contributed by atoms with Crippen molar-refractivity contribution in [2.45, 2.75) is 0 Å². The van der Waals surface area contributed by atoms with E-state index in [4.69, 9.17) is 0 Å². The number of nitrogens with zero attached hydrogens (tertiary/aromatic N) is 4. The highest BCUT2D eigenvalue weighted by Gasteiger charge is 2.14. The first-order chi connectivity index (χ1) is 12.3. The molecule has 0 aliphatic carbocycles. The number of hydrogen-bond donors (Lipinski definition) is 2. The van der Waals surface area contributed by atoms with Crippen LogP contribution in [0.25, 0.3) is 44.7 Å². The number of benzene rings is 1. The van der Waals surface area contributed by atoms with Crippen molar-refractivity contribution in [3.05, 3.63) is 60.8 Å². The van der Waals surface area contributed by atoms with Gasteiger partial charge in [-0.15, -0.1) is 0 Å². The molecule has 0 aliphatic rings. The van der Waals surface area contributed by atoms with Crippen LogP contribution in [0.3, 0.4) is 0 Å². The highest BCUT2D eigenvalue weighted by Crippen LogP contribution is 2.28. The fraction of sp³-hybridized carbons (Fsp3) is 0. The van der Waals surface area contributed by atoms with E-state index in [0.29, 0.717) is 28.2 Å². The van der Waals surface area contributed by atoms with Crippen molar-refractivity contribution >= 4 is 22.1 Å². The molecule has 0 aliphatic heterocycles. The van der Waals surface area contributed by atoms with E-state index in [9.17, 15) is 4.39 Å². The molecule has 25 heavy (non-hydrogen) atoms. The third kappa shape index (κ3) is 2.25. The van der Waals surface area contributed by atoms with E-state index in [0.717, 1.165) is 16.5 Å². The molecule has 0 fully saturated rings. The molecule has 4 aromatic heterocycles. The molecule has 0 atom stereocenters. The number of aromatic nitrogens is 6. The topological polar surface area (TPSA) is 83.1 Å². The monoisotopic (exact) mass is 330 g/mol. The molecule has 0 bridgehead atoms. The van der Waals surface area contributed by atoms with Crippen LogP contribution >= 0.6 is 0 Å². The molecule has 0 saturated carbocycles. The van der Waals surface area contributed by atoms with Gasteiger partial charge in [0.15, 0.2) is 11.5 Å². The summed E-state index contributed by atoms with van der Waals surface area (Å²) in [7, 11) is 0. The Morgan fingerprint density at radius 1 is 1.00 bits per heavy atom. The second-order valence-electron chi connectivity index (χ2n) is 5.68. The number of H-pyrrole nitrogens is 2. The minimum Gasteiger partial charge on any atom is -0.336 e. The van der Waals surface area contributed by atoms with Gasteiger partial charge in [-0.05, 0) is 30.3 Å². The fourth-order valence-electron chi connectivity index (χ4n) is 2.87. The van der Waals surface area contributed by atoms with Crippen molar-refractivity contribution in [3.8, 4) is 22.6 Å². The van der Waals surface area contributed by atoms with Gasteiger partial charge in [0.1, 0.15) is 11.5 Å². The second-order valence-corrected chi connectivity index (χ2v) is 5.68.